The van der Waals surface area contributed by atoms with Crippen molar-refractivity contribution in [3.05, 3.63) is 38.4 Å². The fourth-order valence-corrected chi connectivity index (χ4v) is 0.804. The van der Waals surface area contributed by atoms with Crippen molar-refractivity contribution in [2.24, 2.45) is 0 Å². The number of non-ortho nitro benzene ring substituents is 1. The summed E-state index contributed by atoms with van der Waals surface area (Å²) in [7, 11) is 0. The monoisotopic (exact) mass is 195 g/mol. The predicted molar refractivity (Wildman–Crippen MR) is 44.2 cm³/mol. The first-order valence-electron chi connectivity index (χ1n) is 3.20. The summed E-state index contributed by atoms with van der Waals surface area (Å²) in [5.41, 5.74) is 4.34. The van der Waals surface area contributed by atoms with Crippen molar-refractivity contribution in [2.45, 2.75) is 0 Å². The van der Waals surface area contributed by atoms with Crippen molar-refractivity contribution in [1.29, 1.82) is 0 Å². The smallest absolute Gasteiger partial charge is 0.298 e. The Kier molecular flexibility index (Phi) is 2.09. The van der Waals surface area contributed by atoms with Crippen LogP contribution in [0.25, 0.3) is 0 Å². The first-order chi connectivity index (χ1) is 6.02. The van der Waals surface area contributed by atoms with Gasteiger partial charge in [-0.25, -0.2) is 0 Å². The van der Waals surface area contributed by atoms with Gasteiger partial charge in [-0.3, -0.25) is 20.2 Å². The van der Waals surface area contributed by atoms with Crippen LogP contribution in [0.5, 0.6) is 0 Å². The topological polar surface area (TPSA) is 112 Å². The fraction of sp³-hybridized carbons (Fsp3) is 0. The molecule has 0 aliphatic rings. The molecule has 1 rings (SSSR count). The van der Waals surface area contributed by atoms with E-state index in [0.717, 1.165) is 18.2 Å². The van der Waals surface area contributed by atoms with Crippen LogP contribution in [0.4, 0.5) is 17.1 Å². The van der Waals surface area contributed by atoms with Crippen LogP contribution < -0.4 is 5.73 Å². The van der Waals surface area contributed by atoms with Crippen molar-refractivity contribution in [2.75, 3.05) is 5.73 Å². The summed E-state index contributed by atoms with van der Waals surface area (Å²) in [4.78, 5) is 19.1. The maximum Gasteiger partial charge on any atom is 0.298 e. The normalized spacial score (nSPS) is 9.54. The Morgan fingerprint density at radius 2 is 1.77 bits per heavy atom. The van der Waals surface area contributed by atoms with Crippen molar-refractivity contribution in [3.8, 4) is 0 Å². The Morgan fingerprint density at radius 1 is 1.15 bits per heavy atom. The highest BCUT2D eigenvalue weighted by Crippen LogP contribution is 2.25. The van der Waals surface area contributed by atoms with Gasteiger partial charge in [0.05, 0.1) is 15.9 Å². The summed E-state index contributed by atoms with van der Waals surface area (Å²) >= 11 is 0. The van der Waals surface area contributed by atoms with Crippen molar-refractivity contribution < 1.29 is 9.85 Å². The van der Waals surface area contributed by atoms with E-state index in [1.54, 1.807) is 0 Å². The van der Waals surface area contributed by atoms with Gasteiger partial charge < -0.3 is 5.73 Å². The molecule has 13 heavy (non-hydrogen) atoms. The van der Waals surface area contributed by atoms with E-state index in [4.69, 9.17) is 5.73 Å². The number of hydrogen-bond acceptors (Lipinski definition) is 5. The van der Waals surface area contributed by atoms with E-state index >= 15 is 0 Å². The number of nitrogen functional groups attached to an aromatic ring is 1. The Balaban J connectivity index is 3.27. The number of nitrogens with zero attached hydrogens (tertiary/aromatic N) is 2. The molecule has 0 radical (unpaired) electrons. The number of hydrogen-bond donors (Lipinski definition) is 1. The van der Waals surface area contributed by atoms with E-state index in [1.165, 1.54) is 0 Å². The molecule has 0 fully saturated rings. The summed E-state index contributed by atoms with van der Waals surface area (Å²) in [6.07, 6.45) is 0. The summed E-state index contributed by atoms with van der Waals surface area (Å²) in [5.74, 6) is 0. The van der Waals surface area contributed by atoms with Gasteiger partial charge in [-0.15, -0.1) is 0 Å². The lowest BCUT2D eigenvalue weighted by Crippen LogP contribution is -1.97. The van der Waals surface area contributed by atoms with Crippen molar-refractivity contribution >= 4 is 17.1 Å². The zero-order valence-electron chi connectivity index (χ0n) is 6.34. The fourth-order valence-electron chi connectivity index (χ4n) is 0.804. The second-order valence-electron chi connectivity index (χ2n) is 2.26. The third-order valence-electron chi connectivity index (χ3n) is 1.42. The van der Waals surface area contributed by atoms with Gasteiger partial charge in [-0.05, 0) is 6.07 Å². The van der Waals surface area contributed by atoms with E-state index in [0.29, 0.717) is 0 Å². The highest BCUT2D eigenvalue weighted by atomic mass is 16.7. The Morgan fingerprint density at radius 3 is 2.23 bits per heavy atom. The lowest BCUT2D eigenvalue weighted by Gasteiger charge is -1.95. The zero-order chi connectivity index (χ0) is 10.0. The van der Waals surface area contributed by atoms with Gasteiger partial charge in [-0.1, -0.05) is 0 Å². The summed E-state index contributed by atoms with van der Waals surface area (Å²) in [6, 6.07) is 3.08. The van der Waals surface area contributed by atoms with Gasteiger partial charge in [0.25, 0.3) is 11.4 Å². The molecule has 1 aromatic carbocycles. The molecule has 0 spiro atoms. The molecule has 0 aromatic heterocycles. The minimum atomic E-state index is -0.762. The standard InChI is InChI=1S/C6H5N3O4/c7-5-2-1-4(8(10)11)3-6(5)9(12)13/h1-3H,7H2/i1+2,2+2,3+2,4+2,5+2,6+2. The molecular weight excluding hydrogens is 190 g/mol. The molecule has 0 amide bonds. The molecular formula is C6H5N3O4. The maximum absolute atomic E-state index is 10.3. The highest BCUT2D eigenvalue weighted by molar-refractivity contribution is 5.62. The number of anilines is 1. The Bertz CT molecular complexity index is 376. The molecule has 0 heterocycles. The molecule has 0 aliphatic carbocycles. The Hall–Kier alpha value is -2.18. The molecule has 7 heteroatoms. The number of benzene rings is 1. The molecule has 0 bridgehead atoms. The molecule has 2 N–H and O–H groups in total. The van der Waals surface area contributed by atoms with Gasteiger partial charge in [-0.2, -0.15) is 0 Å². The summed E-state index contributed by atoms with van der Waals surface area (Å²) in [5, 5.41) is 20.5. The average molecular weight is 195 g/mol. The van der Waals surface area contributed by atoms with Crippen LogP contribution in [0, 0.1) is 20.2 Å². The van der Waals surface area contributed by atoms with Gasteiger partial charge in [0.15, 0.2) is 0 Å². The Labute approximate surface area is 72.1 Å². The van der Waals surface area contributed by atoms with Crippen molar-refractivity contribution in [3.63, 3.8) is 0 Å². The quantitative estimate of drug-likeness (QED) is 0.431. The number of nitro groups is 2. The van der Waals surface area contributed by atoms with Crippen LogP contribution in [-0.2, 0) is 0 Å². The lowest BCUT2D eigenvalue weighted by atomic mass is 12.0. The van der Waals surface area contributed by atoms with Gasteiger partial charge in [0.2, 0.25) is 0 Å². The van der Waals surface area contributed by atoms with Crippen LogP contribution >= 0.6 is 0 Å². The third kappa shape index (κ3) is 1.70. The molecule has 68 valence electrons. The zero-order valence-corrected chi connectivity index (χ0v) is 6.34. The van der Waals surface area contributed by atoms with Crippen LogP contribution in [-0.4, -0.2) is 9.85 Å². The van der Waals surface area contributed by atoms with Gasteiger partial charge in [0, 0.05) is 6.07 Å². The lowest BCUT2D eigenvalue weighted by molar-refractivity contribution is -0.393. The molecule has 0 aliphatic heterocycles. The van der Waals surface area contributed by atoms with Crippen molar-refractivity contribution in [1.82, 2.24) is 0 Å². The van der Waals surface area contributed by atoms with E-state index in [9.17, 15) is 20.2 Å². The first-order valence-corrected chi connectivity index (χ1v) is 3.20. The number of nitrogens with two attached hydrogens (primary N) is 1. The summed E-state index contributed by atoms with van der Waals surface area (Å²) in [6.45, 7) is 0. The molecule has 7 nitrogen and oxygen atoms in total. The van der Waals surface area contributed by atoms with Gasteiger partial charge in [0.1, 0.15) is 5.69 Å². The maximum atomic E-state index is 10.3. The number of nitro benzene ring substituents is 2. The largest absolute Gasteiger partial charge is 0.393 e. The minimum Gasteiger partial charge on any atom is -0.393 e. The molecule has 0 atom stereocenters. The minimum absolute atomic E-state index is 0.0874. The van der Waals surface area contributed by atoms with E-state index in [2.05, 4.69) is 0 Å². The van der Waals surface area contributed by atoms with Crippen LogP contribution in [0.3, 0.4) is 0 Å². The molecule has 1 aromatic rings. The summed E-state index contributed by atoms with van der Waals surface area (Å²) < 4.78 is 0. The first kappa shape index (κ1) is 8.91. The van der Waals surface area contributed by atoms with Crippen LogP contribution in [0.1, 0.15) is 0 Å². The SMILES string of the molecule is N[14c]1[14cH][14cH][14c]([N+](=O)[O-])[14cH][14c]1[N+](=O)[O-]. The molecule has 0 saturated carbocycles. The third-order valence-corrected chi connectivity index (χ3v) is 1.42. The van der Waals surface area contributed by atoms with E-state index < -0.39 is 15.5 Å². The number of rotatable bonds is 2. The van der Waals surface area contributed by atoms with Crippen LogP contribution in [0.15, 0.2) is 18.2 Å². The van der Waals surface area contributed by atoms with Crippen LogP contribution in [0.2, 0.25) is 0 Å². The predicted octanol–water partition coefficient (Wildman–Crippen LogP) is 1.09. The molecule has 0 saturated heterocycles. The van der Waals surface area contributed by atoms with Gasteiger partial charge >= 0.3 is 0 Å². The van der Waals surface area contributed by atoms with E-state index in [1.807, 2.05) is 0 Å². The second kappa shape index (κ2) is 3.05. The highest BCUT2D eigenvalue weighted by Gasteiger charge is 2.16. The van der Waals surface area contributed by atoms with E-state index in [-0.39, 0.29) is 11.4 Å². The molecule has 0 unspecified atom stereocenters. The average Bonchev–Trinajstić information content (AvgIpc) is 2.04. The second-order valence-corrected chi connectivity index (χ2v) is 2.26.